The molecule has 17 heteroatoms. The summed E-state index contributed by atoms with van der Waals surface area (Å²) in [6, 6.07) is 5.42. The van der Waals surface area contributed by atoms with Gasteiger partial charge in [-0.05, 0) is 128 Å². The normalized spacial score (nSPS) is 30.4. The maximum atomic E-state index is 13.6. The summed E-state index contributed by atoms with van der Waals surface area (Å²) in [5.41, 5.74) is 3.17. The molecule has 7 saturated carbocycles. The Balaban J connectivity index is 0.665. The van der Waals surface area contributed by atoms with Crippen LogP contribution in [0.2, 0.25) is 0 Å². The number of hydrogen-bond acceptors (Lipinski definition) is 10. The van der Waals surface area contributed by atoms with Crippen molar-refractivity contribution in [2.24, 2.45) is 17.8 Å². The van der Waals surface area contributed by atoms with E-state index in [1.165, 1.54) is 19.3 Å². The molecule has 2 bridgehead atoms. The van der Waals surface area contributed by atoms with Crippen LogP contribution in [0.4, 0.5) is 21.2 Å². The second-order valence-corrected chi connectivity index (χ2v) is 19.1. The van der Waals surface area contributed by atoms with Crippen molar-refractivity contribution < 1.29 is 33.4 Å². The molecule has 1 spiro atoms. The van der Waals surface area contributed by atoms with Crippen LogP contribution in [-0.4, -0.2) is 90.7 Å². The molecule has 4 amide bonds. The molecular formula is C43H58N10O7. The number of aromatic amines is 2. The number of fused-ring (bicyclic) bond motifs is 1. The summed E-state index contributed by atoms with van der Waals surface area (Å²) in [6.45, 7) is 2.90. The van der Waals surface area contributed by atoms with Crippen LogP contribution >= 0.6 is 0 Å². The van der Waals surface area contributed by atoms with Gasteiger partial charge < -0.3 is 35.5 Å². The quantitative estimate of drug-likeness (QED) is 0.106. The molecule has 8 aliphatic rings. The fraction of sp³-hybridized carbons (Fsp3) is 0.698. The third-order valence-corrected chi connectivity index (χ3v) is 14.6. The largest absolute Gasteiger partial charge is 0.446 e. The molecule has 0 aromatic carbocycles. The highest BCUT2D eigenvalue weighted by Gasteiger charge is 2.48. The number of H-pyrrole nitrogens is 2. The molecule has 11 rings (SSSR count). The highest BCUT2D eigenvalue weighted by atomic mass is 16.6. The fourth-order valence-electron chi connectivity index (χ4n) is 10.8. The van der Waals surface area contributed by atoms with Crippen LogP contribution in [-0.2, 0) is 25.5 Å². The van der Waals surface area contributed by atoms with E-state index in [1.807, 2.05) is 25.1 Å². The van der Waals surface area contributed by atoms with E-state index in [2.05, 4.69) is 41.7 Å². The molecule has 0 radical (unpaired) electrons. The van der Waals surface area contributed by atoms with Crippen molar-refractivity contribution in [3.05, 3.63) is 41.0 Å². The maximum Gasteiger partial charge on any atom is 0.407 e. The van der Waals surface area contributed by atoms with Crippen LogP contribution in [0.3, 0.4) is 0 Å². The average molecular weight is 827 g/mol. The summed E-state index contributed by atoms with van der Waals surface area (Å²) in [4.78, 5) is 52.0. The Hall–Kier alpha value is -4.93. The van der Waals surface area contributed by atoms with E-state index < -0.39 is 6.09 Å². The van der Waals surface area contributed by atoms with E-state index >= 15 is 0 Å². The number of nitrogens with one attached hydrogen (secondary N) is 6. The maximum absolute atomic E-state index is 13.6. The minimum Gasteiger partial charge on any atom is -0.446 e. The molecule has 1 aliphatic heterocycles. The first-order valence-electron chi connectivity index (χ1n) is 22.5. The number of rotatable bonds is 14. The smallest absolute Gasteiger partial charge is 0.407 e. The van der Waals surface area contributed by atoms with Gasteiger partial charge in [0.15, 0.2) is 11.6 Å². The average Bonchev–Trinajstić information content (AvgIpc) is 3.98. The van der Waals surface area contributed by atoms with E-state index in [0.29, 0.717) is 61.6 Å². The van der Waals surface area contributed by atoms with Crippen molar-refractivity contribution in [3.63, 3.8) is 0 Å². The first-order valence-corrected chi connectivity index (χ1v) is 22.5. The van der Waals surface area contributed by atoms with E-state index in [4.69, 9.17) is 19.3 Å². The van der Waals surface area contributed by atoms with Crippen LogP contribution in [0.1, 0.15) is 155 Å². The van der Waals surface area contributed by atoms with Crippen LogP contribution < -0.4 is 21.3 Å². The number of alkyl carbamates (subject to hydrolysis) is 2. The van der Waals surface area contributed by atoms with Gasteiger partial charge in [0.1, 0.15) is 17.9 Å². The standard InChI is InChI=1S/C43H58N10O7/c1-23(44-41(56)59-30-7-5-26(16-30)33-19-37(50-48-33)46-39(54)32-15-24-13-28(32)14-24)9-12-53-36(18-35(52-53)25-3-4-25)40(55)47-38-20-34(49-51-38)27-6-8-31(17-27)60-42(57)45-29-21-43(58-22-29)10-2-11-43/h18-20,23-32H,2-17,21-22H2,1H3,(H,44,56)(H,45,57)(H2,46,48,50,54)(H2,47,49,51,55)/t23?,24?,26-,27-,28?,29-,30+,31+,32?/m0/s1. The number of hydrogen-bond donors (Lipinski definition) is 6. The lowest BCUT2D eigenvalue weighted by Gasteiger charge is -2.37. The predicted molar refractivity (Wildman–Crippen MR) is 217 cm³/mol. The van der Waals surface area contributed by atoms with Crippen molar-refractivity contribution >= 4 is 35.6 Å². The predicted octanol–water partition coefficient (Wildman–Crippen LogP) is 6.36. The van der Waals surface area contributed by atoms with Gasteiger partial charge in [-0.15, -0.1) is 0 Å². The van der Waals surface area contributed by atoms with Crippen molar-refractivity contribution in [1.29, 1.82) is 0 Å². The number of carbonyl (C=O) groups excluding carboxylic acids is 4. The summed E-state index contributed by atoms with van der Waals surface area (Å²) >= 11 is 0. The number of aromatic nitrogens is 6. The lowest BCUT2D eigenvalue weighted by Crippen LogP contribution is -2.40. The zero-order valence-electron chi connectivity index (χ0n) is 34.4. The van der Waals surface area contributed by atoms with Gasteiger partial charge in [-0.2, -0.15) is 15.3 Å². The fourth-order valence-corrected chi connectivity index (χ4v) is 10.8. The van der Waals surface area contributed by atoms with Gasteiger partial charge >= 0.3 is 12.2 Å². The number of aryl methyl sites for hydroxylation is 1. The summed E-state index contributed by atoms with van der Waals surface area (Å²) in [7, 11) is 0. The molecule has 17 nitrogen and oxygen atoms in total. The number of anilines is 2. The third kappa shape index (κ3) is 8.50. The Labute approximate surface area is 349 Å². The van der Waals surface area contributed by atoms with Crippen molar-refractivity contribution in [1.82, 2.24) is 40.8 Å². The van der Waals surface area contributed by atoms with Crippen LogP contribution in [0.25, 0.3) is 0 Å². The molecular weight excluding hydrogens is 769 g/mol. The lowest BCUT2D eigenvalue weighted by molar-refractivity contribution is -0.120. The Morgan fingerprint density at radius 3 is 2.13 bits per heavy atom. The number of ether oxygens (including phenoxy) is 3. The van der Waals surface area contributed by atoms with Gasteiger partial charge in [0.05, 0.1) is 23.9 Å². The van der Waals surface area contributed by atoms with Crippen molar-refractivity contribution in [2.75, 3.05) is 17.2 Å². The highest BCUT2D eigenvalue weighted by molar-refractivity contribution is 6.02. The molecule has 3 aromatic heterocycles. The summed E-state index contributed by atoms with van der Waals surface area (Å²) in [6.07, 6.45) is 13.5. The third-order valence-electron chi connectivity index (χ3n) is 14.6. The molecule has 7 atom stereocenters. The first kappa shape index (κ1) is 39.2. The Morgan fingerprint density at radius 2 is 1.52 bits per heavy atom. The summed E-state index contributed by atoms with van der Waals surface area (Å²) in [5, 5.41) is 31.6. The minimum atomic E-state index is -0.462. The van der Waals surface area contributed by atoms with E-state index in [9.17, 15) is 19.2 Å². The van der Waals surface area contributed by atoms with Gasteiger partial charge in [-0.25, -0.2) is 9.59 Å². The molecule has 3 aromatic rings. The molecule has 322 valence electrons. The van der Waals surface area contributed by atoms with Gasteiger partial charge in [-0.1, -0.05) is 0 Å². The number of carbonyl (C=O) groups is 4. The zero-order chi connectivity index (χ0) is 41.0. The Bertz CT molecular complexity index is 2080. The second-order valence-electron chi connectivity index (χ2n) is 19.1. The summed E-state index contributed by atoms with van der Waals surface area (Å²) < 4.78 is 19.3. The molecule has 2 unspecified atom stereocenters. The Kier molecular flexibility index (Phi) is 10.6. The van der Waals surface area contributed by atoms with Gasteiger partial charge in [0, 0.05) is 59.8 Å². The second kappa shape index (κ2) is 16.2. The molecule has 60 heavy (non-hydrogen) atoms. The SMILES string of the molecule is CC(CCn1nc(C2CC2)cc1C(=O)Nc1cc([C@H]2CC[C@@H](OC(=O)N[C@@H]3COC4(CCC4)C3)C2)[nH]n1)NC(=O)O[C@@H]1CC[C@H](c2cc(NC(=O)C3CC4CC3C4)n[nH]2)C1. The van der Waals surface area contributed by atoms with Crippen LogP contribution in [0.15, 0.2) is 18.2 Å². The van der Waals surface area contributed by atoms with E-state index in [0.717, 1.165) is 87.2 Å². The van der Waals surface area contributed by atoms with Crippen LogP contribution in [0, 0.1) is 17.8 Å². The monoisotopic (exact) mass is 826 g/mol. The molecule has 8 fully saturated rings. The summed E-state index contributed by atoms with van der Waals surface area (Å²) in [5.74, 6) is 2.79. The topological polar surface area (TPSA) is 219 Å². The van der Waals surface area contributed by atoms with E-state index in [1.54, 1.807) is 4.68 Å². The van der Waals surface area contributed by atoms with Crippen LogP contribution in [0.5, 0.6) is 0 Å². The highest BCUT2D eigenvalue weighted by Crippen LogP contribution is 2.52. The molecule has 4 heterocycles. The minimum absolute atomic E-state index is 0.00360. The van der Waals surface area contributed by atoms with Crippen molar-refractivity contribution in [2.45, 2.75) is 164 Å². The molecule has 6 N–H and O–H groups in total. The Morgan fingerprint density at radius 1 is 0.850 bits per heavy atom. The molecule has 1 saturated heterocycles. The van der Waals surface area contributed by atoms with Crippen molar-refractivity contribution in [3.8, 4) is 0 Å². The van der Waals surface area contributed by atoms with E-state index in [-0.39, 0.29) is 65.6 Å². The van der Waals surface area contributed by atoms with Gasteiger partial charge in [0.25, 0.3) is 5.91 Å². The molecule has 7 aliphatic carbocycles. The lowest BCUT2D eigenvalue weighted by atomic mass is 9.77. The van der Waals surface area contributed by atoms with Gasteiger partial charge in [0.2, 0.25) is 5.91 Å². The zero-order valence-corrected chi connectivity index (χ0v) is 34.4. The number of nitrogens with zero attached hydrogens (tertiary/aromatic N) is 4. The van der Waals surface area contributed by atoms with Gasteiger partial charge in [-0.3, -0.25) is 24.5 Å². The first-order chi connectivity index (χ1) is 29.1. The number of amides is 4.